The molecular weight excluding hydrogens is 476 g/mol. The number of carbonyl (C=O) groups excluding carboxylic acids is 3. The molecular formula is C26H28N6O5. The standard InChI is InChI=1S/C26H28N6O5/c27-18(11-23(28)33)24(34)31-21(9-14-12-29-19-7-3-1-5-16(14)19)25(35)32-22(26(36)37)10-15-13-30-20-8-4-2-6-17(15)20/h1-8,12-13,18,21-22,29-30H,9-11,27H2,(H2,28,33)(H,31,34)(H,32,35)(H,36,37). The van der Waals surface area contributed by atoms with Crippen molar-refractivity contribution in [3.05, 3.63) is 72.1 Å². The predicted molar refractivity (Wildman–Crippen MR) is 137 cm³/mol. The molecule has 0 fully saturated rings. The molecule has 0 saturated carbocycles. The smallest absolute Gasteiger partial charge is 0.326 e. The highest BCUT2D eigenvalue weighted by molar-refractivity contribution is 5.94. The van der Waals surface area contributed by atoms with E-state index in [0.717, 1.165) is 32.9 Å². The van der Waals surface area contributed by atoms with E-state index in [2.05, 4.69) is 20.6 Å². The Bertz CT molecular complexity index is 1460. The number of H-pyrrole nitrogens is 2. The van der Waals surface area contributed by atoms with Crippen LogP contribution >= 0.6 is 0 Å². The number of benzene rings is 2. The van der Waals surface area contributed by atoms with Crippen LogP contribution in [0.15, 0.2) is 60.9 Å². The number of amides is 3. The van der Waals surface area contributed by atoms with Crippen LogP contribution in [0.5, 0.6) is 0 Å². The minimum Gasteiger partial charge on any atom is -0.480 e. The topological polar surface area (TPSA) is 196 Å². The first kappa shape index (κ1) is 25.5. The second-order valence-electron chi connectivity index (χ2n) is 8.86. The molecule has 2 heterocycles. The highest BCUT2D eigenvalue weighted by atomic mass is 16.4. The summed E-state index contributed by atoms with van der Waals surface area (Å²) in [5.74, 6) is -3.43. The van der Waals surface area contributed by atoms with Gasteiger partial charge in [-0.2, -0.15) is 0 Å². The van der Waals surface area contributed by atoms with Crippen LogP contribution in [0, 0.1) is 0 Å². The van der Waals surface area contributed by atoms with Gasteiger partial charge in [-0.1, -0.05) is 36.4 Å². The molecule has 11 heteroatoms. The number of primary amides is 1. The Balaban J connectivity index is 1.56. The average molecular weight is 505 g/mol. The lowest BCUT2D eigenvalue weighted by Crippen LogP contribution is -2.56. The number of rotatable bonds is 11. The van der Waals surface area contributed by atoms with Crippen molar-refractivity contribution in [2.75, 3.05) is 0 Å². The molecule has 0 aliphatic carbocycles. The molecule has 4 rings (SSSR count). The van der Waals surface area contributed by atoms with E-state index >= 15 is 0 Å². The number of para-hydroxylation sites is 2. The zero-order valence-corrected chi connectivity index (χ0v) is 19.9. The summed E-state index contributed by atoms with van der Waals surface area (Å²) in [4.78, 5) is 55.5. The van der Waals surface area contributed by atoms with Crippen LogP contribution < -0.4 is 22.1 Å². The third-order valence-electron chi connectivity index (χ3n) is 6.20. The fourth-order valence-electron chi connectivity index (χ4n) is 4.31. The summed E-state index contributed by atoms with van der Waals surface area (Å²) in [7, 11) is 0. The maximum atomic E-state index is 13.4. The van der Waals surface area contributed by atoms with Crippen LogP contribution in [0.2, 0.25) is 0 Å². The van der Waals surface area contributed by atoms with Gasteiger partial charge in [0.1, 0.15) is 12.1 Å². The molecule has 4 aromatic rings. The number of nitrogens with two attached hydrogens (primary N) is 2. The van der Waals surface area contributed by atoms with Crippen LogP contribution in [0.1, 0.15) is 17.5 Å². The quantitative estimate of drug-likeness (QED) is 0.157. The summed E-state index contributed by atoms with van der Waals surface area (Å²) >= 11 is 0. The van der Waals surface area contributed by atoms with E-state index in [1.165, 1.54) is 0 Å². The molecule has 192 valence electrons. The number of hydrogen-bond donors (Lipinski definition) is 7. The molecule has 11 nitrogen and oxygen atoms in total. The van der Waals surface area contributed by atoms with Gasteiger partial charge in [-0.05, 0) is 23.3 Å². The normalized spacial score (nSPS) is 13.6. The van der Waals surface area contributed by atoms with Crippen molar-refractivity contribution >= 4 is 45.5 Å². The van der Waals surface area contributed by atoms with Gasteiger partial charge in [0.25, 0.3) is 0 Å². The van der Waals surface area contributed by atoms with E-state index in [1.54, 1.807) is 12.4 Å². The van der Waals surface area contributed by atoms with Gasteiger partial charge < -0.3 is 37.2 Å². The van der Waals surface area contributed by atoms with E-state index in [4.69, 9.17) is 11.5 Å². The molecule has 0 saturated heterocycles. The van der Waals surface area contributed by atoms with Gasteiger partial charge in [0.2, 0.25) is 17.7 Å². The third-order valence-corrected chi connectivity index (χ3v) is 6.20. The number of aromatic amines is 2. The van der Waals surface area contributed by atoms with Crippen LogP contribution in [-0.2, 0) is 32.0 Å². The number of fused-ring (bicyclic) bond motifs is 2. The Hall–Kier alpha value is -4.64. The molecule has 0 radical (unpaired) electrons. The highest BCUT2D eigenvalue weighted by Gasteiger charge is 2.29. The lowest BCUT2D eigenvalue weighted by molar-refractivity contribution is -0.142. The Kier molecular flexibility index (Phi) is 7.54. The maximum absolute atomic E-state index is 13.4. The van der Waals surface area contributed by atoms with Gasteiger partial charge in [-0.25, -0.2) is 4.79 Å². The van der Waals surface area contributed by atoms with Crippen LogP contribution in [0.25, 0.3) is 21.8 Å². The number of carboxylic acid groups (broad SMARTS) is 1. The first-order chi connectivity index (χ1) is 17.7. The molecule has 2 aromatic carbocycles. The molecule has 3 unspecified atom stereocenters. The van der Waals surface area contributed by atoms with Crippen molar-refractivity contribution in [1.82, 2.24) is 20.6 Å². The fraction of sp³-hybridized carbons (Fsp3) is 0.231. The van der Waals surface area contributed by atoms with Crippen LogP contribution in [0.4, 0.5) is 0 Å². The molecule has 0 aliphatic rings. The zero-order chi connectivity index (χ0) is 26.5. The van der Waals surface area contributed by atoms with Crippen molar-refractivity contribution in [3.8, 4) is 0 Å². The zero-order valence-electron chi connectivity index (χ0n) is 19.9. The molecule has 0 bridgehead atoms. The van der Waals surface area contributed by atoms with E-state index in [0.29, 0.717) is 0 Å². The first-order valence-corrected chi connectivity index (χ1v) is 11.7. The third kappa shape index (κ3) is 5.96. The van der Waals surface area contributed by atoms with E-state index in [-0.39, 0.29) is 12.8 Å². The van der Waals surface area contributed by atoms with Crippen molar-refractivity contribution < 1.29 is 24.3 Å². The Morgan fingerprint density at radius 2 is 1.27 bits per heavy atom. The molecule has 37 heavy (non-hydrogen) atoms. The van der Waals surface area contributed by atoms with Gasteiger partial charge in [0, 0.05) is 47.0 Å². The second kappa shape index (κ2) is 11.0. The summed E-state index contributed by atoms with van der Waals surface area (Å²) in [5, 5.41) is 16.7. The average Bonchev–Trinajstić information content (AvgIpc) is 3.47. The summed E-state index contributed by atoms with van der Waals surface area (Å²) in [6.45, 7) is 0. The van der Waals surface area contributed by atoms with E-state index in [1.807, 2.05) is 48.5 Å². The Morgan fingerprint density at radius 1 is 0.784 bits per heavy atom. The van der Waals surface area contributed by atoms with Crippen LogP contribution in [-0.4, -0.2) is 56.9 Å². The molecule has 2 aromatic heterocycles. The van der Waals surface area contributed by atoms with Gasteiger partial charge >= 0.3 is 5.97 Å². The van der Waals surface area contributed by atoms with E-state index < -0.39 is 48.2 Å². The number of carbonyl (C=O) groups is 4. The summed E-state index contributed by atoms with van der Waals surface area (Å²) in [6.07, 6.45) is 3.12. The lowest BCUT2D eigenvalue weighted by atomic mass is 10.0. The van der Waals surface area contributed by atoms with Crippen LogP contribution in [0.3, 0.4) is 0 Å². The lowest BCUT2D eigenvalue weighted by Gasteiger charge is -2.23. The van der Waals surface area contributed by atoms with Gasteiger partial charge in [-0.15, -0.1) is 0 Å². The molecule has 3 atom stereocenters. The van der Waals surface area contributed by atoms with E-state index in [9.17, 15) is 24.3 Å². The number of aliphatic carboxylic acids is 1. The molecule has 0 spiro atoms. The van der Waals surface area contributed by atoms with Gasteiger partial charge in [-0.3, -0.25) is 14.4 Å². The predicted octanol–water partition coefficient (Wildman–Crippen LogP) is 0.691. The number of carboxylic acids is 1. The molecule has 3 amide bonds. The Morgan fingerprint density at radius 3 is 1.78 bits per heavy atom. The van der Waals surface area contributed by atoms with Crippen molar-refractivity contribution in [1.29, 1.82) is 0 Å². The van der Waals surface area contributed by atoms with Gasteiger partial charge in [0.15, 0.2) is 0 Å². The number of nitrogens with one attached hydrogen (secondary N) is 4. The first-order valence-electron chi connectivity index (χ1n) is 11.7. The summed E-state index contributed by atoms with van der Waals surface area (Å²) in [6, 6.07) is 11.2. The molecule has 0 aliphatic heterocycles. The monoisotopic (exact) mass is 504 g/mol. The SMILES string of the molecule is NC(=O)CC(N)C(=O)NC(Cc1c[nH]c2ccccc12)C(=O)NC(Cc1c[nH]c2ccccc12)C(=O)O. The number of hydrogen-bond acceptors (Lipinski definition) is 5. The summed E-state index contributed by atoms with van der Waals surface area (Å²) < 4.78 is 0. The largest absolute Gasteiger partial charge is 0.480 e. The second-order valence-corrected chi connectivity index (χ2v) is 8.86. The van der Waals surface area contributed by atoms with Crippen molar-refractivity contribution in [2.45, 2.75) is 37.4 Å². The van der Waals surface area contributed by atoms with Crippen molar-refractivity contribution in [2.24, 2.45) is 11.5 Å². The maximum Gasteiger partial charge on any atom is 0.326 e. The minimum absolute atomic E-state index is 0.0278. The highest BCUT2D eigenvalue weighted by Crippen LogP contribution is 2.21. The minimum atomic E-state index is -1.26. The van der Waals surface area contributed by atoms with Crippen molar-refractivity contribution in [3.63, 3.8) is 0 Å². The molecule has 9 N–H and O–H groups in total. The fourth-order valence-corrected chi connectivity index (χ4v) is 4.31. The summed E-state index contributed by atoms with van der Waals surface area (Å²) in [5.41, 5.74) is 14.1. The number of aromatic nitrogens is 2. The Labute approximate surface area is 211 Å². The van der Waals surface area contributed by atoms with Gasteiger partial charge in [0.05, 0.1) is 12.5 Å².